The van der Waals surface area contributed by atoms with Crippen LogP contribution in [0, 0.1) is 20.8 Å². The van der Waals surface area contributed by atoms with Crippen LogP contribution in [-0.4, -0.2) is 22.3 Å². The molecule has 2 aromatic rings. The summed E-state index contributed by atoms with van der Waals surface area (Å²) in [6, 6.07) is 4.13. The molecule has 0 spiro atoms. The average molecular weight is 406 g/mol. The number of fused-ring (bicyclic) bond motifs is 1. The molecule has 3 unspecified atom stereocenters. The zero-order valence-corrected chi connectivity index (χ0v) is 17.0. The van der Waals surface area contributed by atoms with Gasteiger partial charge in [-0.05, 0) is 39.2 Å². The van der Waals surface area contributed by atoms with Gasteiger partial charge in [-0.25, -0.2) is 4.79 Å². The third-order valence-electron chi connectivity index (χ3n) is 4.89. The number of hydrogen-bond donors (Lipinski definition) is 1. The summed E-state index contributed by atoms with van der Waals surface area (Å²) in [5.41, 5.74) is 2.91. The summed E-state index contributed by atoms with van der Waals surface area (Å²) >= 11 is 0. The molecular weight excluding hydrogens is 383 g/mol. The van der Waals surface area contributed by atoms with E-state index in [-0.39, 0.29) is 11.7 Å². The van der Waals surface area contributed by atoms with Crippen LogP contribution in [0.3, 0.4) is 0 Å². The first-order valence-electron chi connectivity index (χ1n) is 9.22. The Kier molecular flexibility index (Phi) is 5.38. The predicted octanol–water partition coefficient (Wildman–Crippen LogP) is 2.99. The first-order chi connectivity index (χ1) is 13.4. The molecule has 1 saturated heterocycles. The Morgan fingerprint density at radius 2 is 2.04 bits per heavy atom. The lowest BCUT2D eigenvalue weighted by Gasteiger charge is -2.26. The van der Waals surface area contributed by atoms with Gasteiger partial charge in [0.05, 0.1) is 19.3 Å². The fourth-order valence-corrected chi connectivity index (χ4v) is 4.65. The summed E-state index contributed by atoms with van der Waals surface area (Å²) in [7, 11) is -1.48. The van der Waals surface area contributed by atoms with Gasteiger partial charge >= 0.3 is 14.3 Å². The number of ether oxygens (including phenoxy) is 1. The van der Waals surface area contributed by atoms with Gasteiger partial charge in [0.15, 0.2) is 0 Å². The molecule has 2 aliphatic heterocycles. The van der Waals surface area contributed by atoms with E-state index >= 15 is 0 Å². The van der Waals surface area contributed by atoms with Crippen molar-refractivity contribution in [1.82, 2.24) is 9.55 Å². The van der Waals surface area contributed by atoms with Crippen molar-refractivity contribution in [2.24, 2.45) is 0 Å². The number of nitrogens with one attached hydrogen (secondary N) is 1. The van der Waals surface area contributed by atoms with Crippen molar-refractivity contribution in [3.8, 4) is 5.75 Å². The monoisotopic (exact) mass is 406 g/mol. The molecule has 9 heteroatoms. The molecule has 2 aliphatic rings. The van der Waals surface area contributed by atoms with Gasteiger partial charge in [0.25, 0.3) is 5.56 Å². The maximum Gasteiger partial charge on any atom is 0.397 e. The van der Waals surface area contributed by atoms with Gasteiger partial charge < -0.3 is 9.26 Å². The number of rotatable bonds is 4. The second kappa shape index (κ2) is 7.79. The fraction of sp³-hybridized carbons (Fsp3) is 0.474. The minimum Gasteiger partial charge on any atom is -0.426 e. The summed E-state index contributed by atoms with van der Waals surface area (Å²) in [5, 5.41) is 0. The van der Waals surface area contributed by atoms with Crippen LogP contribution in [0.1, 0.15) is 41.3 Å². The maximum absolute atomic E-state index is 12.0. The molecule has 1 aromatic heterocycles. The SMILES string of the molecule is Cc1cc(C)c2c(c1)COP(OCC1CCC(n3cc(C)c(=O)[nH]c3=O)O1)O2. The fourth-order valence-electron chi connectivity index (χ4n) is 3.52. The van der Waals surface area contributed by atoms with Crippen molar-refractivity contribution < 1.29 is 18.3 Å². The number of hydrogen-bond acceptors (Lipinski definition) is 6. The van der Waals surface area contributed by atoms with Crippen molar-refractivity contribution >= 4 is 8.60 Å². The van der Waals surface area contributed by atoms with Gasteiger partial charge in [-0.15, -0.1) is 0 Å². The molecule has 0 aliphatic carbocycles. The highest BCUT2D eigenvalue weighted by molar-refractivity contribution is 7.42. The van der Waals surface area contributed by atoms with Crippen molar-refractivity contribution in [2.75, 3.05) is 6.61 Å². The lowest BCUT2D eigenvalue weighted by molar-refractivity contribution is -0.0230. The quantitative estimate of drug-likeness (QED) is 0.785. The molecule has 8 nitrogen and oxygen atoms in total. The molecule has 1 N–H and O–H groups in total. The van der Waals surface area contributed by atoms with Gasteiger partial charge in [-0.1, -0.05) is 17.7 Å². The van der Waals surface area contributed by atoms with Crippen LogP contribution in [-0.2, 0) is 20.4 Å². The van der Waals surface area contributed by atoms with Crippen LogP contribution in [0.5, 0.6) is 5.75 Å². The Morgan fingerprint density at radius 3 is 2.86 bits per heavy atom. The predicted molar refractivity (Wildman–Crippen MR) is 103 cm³/mol. The van der Waals surface area contributed by atoms with E-state index in [4.69, 9.17) is 18.3 Å². The Balaban J connectivity index is 1.35. The molecule has 0 radical (unpaired) electrons. The normalized spacial score (nSPS) is 24.0. The highest BCUT2D eigenvalue weighted by Gasteiger charge is 2.31. The van der Waals surface area contributed by atoms with E-state index in [0.29, 0.717) is 25.2 Å². The molecule has 0 amide bonds. The number of aryl methyl sites for hydroxylation is 3. The number of aromatic amines is 1. The Morgan fingerprint density at radius 1 is 1.21 bits per heavy atom. The Bertz CT molecular complexity index is 1000. The average Bonchev–Trinajstić information content (AvgIpc) is 3.12. The van der Waals surface area contributed by atoms with Gasteiger partial charge in [0.2, 0.25) is 0 Å². The van der Waals surface area contributed by atoms with E-state index in [1.165, 1.54) is 16.3 Å². The third kappa shape index (κ3) is 3.91. The minimum atomic E-state index is -1.48. The van der Waals surface area contributed by atoms with Gasteiger partial charge in [0, 0.05) is 17.3 Å². The van der Waals surface area contributed by atoms with E-state index in [1.54, 1.807) is 6.92 Å². The summed E-state index contributed by atoms with van der Waals surface area (Å²) in [5.74, 6) is 0.837. The lowest BCUT2D eigenvalue weighted by atomic mass is 10.1. The molecule has 0 saturated carbocycles. The lowest BCUT2D eigenvalue weighted by Crippen LogP contribution is -2.33. The smallest absolute Gasteiger partial charge is 0.397 e. The molecule has 28 heavy (non-hydrogen) atoms. The summed E-state index contributed by atoms with van der Waals surface area (Å²) in [4.78, 5) is 25.9. The summed E-state index contributed by atoms with van der Waals surface area (Å²) in [6.45, 7) is 6.50. The topological polar surface area (TPSA) is 91.8 Å². The van der Waals surface area contributed by atoms with E-state index in [9.17, 15) is 9.59 Å². The van der Waals surface area contributed by atoms with Crippen molar-refractivity contribution in [1.29, 1.82) is 0 Å². The van der Waals surface area contributed by atoms with E-state index in [0.717, 1.165) is 23.3 Å². The van der Waals surface area contributed by atoms with Gasteiger partial charge in [0.1, 0.15) is 12.0 Å². The highest BCUT2D eigenvalue weighted by Crippen LogP contribution is 2.49. The van der Waals surface area contributed by atoms with Crippen LogP contribution < -0.4 is 15.8 Å². The Labute approximate surface area is 163 Å². The van der Waals surface area contributed by atoms with Crippen molar-refractivity contribution in [3.63, 3.8) is 0 Å². The Hall–Kier alpha value is -1.99. The molecule has 1 aromatic carbocycles. The molecule has 150 valence electrons. The van der Waals surface area contributed by atoms with Crippen LogP contribution in [0.4, 0.5) is 0 Å². The van der Waals surface area contributed by atoms with Crippen LogP contribution in [0.25, 0.3) is 0 Å². The van der Waals surface area contributed by atoms with Crippen molar-refractivity contribution in [2.45, 2.75) is 52.6 Å². The van der Waals surface area contributed by atoms with Crippen LogP contribution in [0.2, 0.25) is 0 Å². The standard InChI is InChI=1S/C19H23N2O6P/c1-11-6-12(2)17-14(7-11)9-24-28(27-17)25-10-15-4-5-16(26-15)21-8-13(3)18(22)20-19(21)23/h6-8,15-16H,4-5,9-10H2,1-3H3,(H,20,22,23). The molecular formula is C19H23N2O6P. The molecule has 1 fully saturated rings. The zero-order valence-electron chi connectivity index (χ0n) is 16.1. The molecule has 3 heterocycles. The molecule has 0 bridgehead atoms. The summed E-state index contributed by atoms with van der Waals surface area (Å²) in [6.07, 6.45) is 2.37. The maximum atomic E-state index is 12.0. The van der Waals surface area contributed by atoms with Gasteiger partial charge in [-0.3, -0.25) is 23.4 Å². The van der Waals surface area contributed by atoms with E-state index in [1.807, 2.05) is 13.8 Å². The van der Waals surface area contributed by atoms with Crippen LogP contribution in [0.15, 0.2) is 27.9 Å². The molecule has 4 rings (SSSR count). The number of nitrogens with zero attached hydrogens (tertiary/aromatic N) is 1. The zero-order chi connectivity index (χ0) is 19.8. The number of benzene rings is 1. The highest BCUT2D eigenvalue weighted by atomic mass is 31.2. The third-order valence-corrected chi connectivity index (χ3v) is 5.93. The van der Waals surface area contributed by atoms with E-state index < -0.39 is 20.5 Å². The number of H-pyrrole nitrogens is 1. The van der Waals surface area contributed by atoms with Gasteiger partial charge in [-0.2, -0.15) is 0 Å². The summed E-state index contributed by atoms with van der Waals surface area (Å²) < 4.78 is 24.8. The first kappa shape index (κ1) is 19.3. The first-order valence-corrected chi connectivity index (χ1v) is 10.3. The minimum absolute atomic E-state index is 0.167. The largest absolute Gasteiger partial charge is 0.426 e. The molecule has 3 atom stereocenters. The van der Waals surface area contributed by atoms with E-state index in [2.05, 4.69) is 17.1 Å². The van der Waals surface area contributed by atoms with Crippen LogP contribution >= 0.6 is 8.60 Å². The van der Waals surface area contributed by atoms with Crippen molar-refractivity contribution in [3.05, 3.63) is 61.4 Å². The second-order valence-electron chi connectivity index (χ2n) is 7.22. The number of aromatic nitrogens is 2. The second-order valence-corrected chi connectivity index (χ2v) is 8.37.